The van der Waals surface area contributed by atoms with Crippen LogP contribution in [-0.4, -0.2) is 35.8 Å². The Balaban J connectivity index is 1.37. The first kappa shape index (κ1) is 32.9. The molecule has 2 aliphatic heterocycles. The first-order valence-electron chi connectivity index (χ1n) is 16.2. The molecule has 50 heavy (non-hydrogen) atoms. The maximum atomic E-state index is 15.4. The third kappa shape index (κ3) is 4.68. The summed E-state index contributed by atoms with van der Waals surface area (Å²) in [4.78, 5) is 61.2. The van der Waals surface area contributed by atoms with Gasteiger partial charge in [0.25, 0.3) is 0 Å². The van der Waals surface area contributed by atoms with E-state index in [-0.39, 0.29) is 36.2 Å². The van der Waals surface area contributed by atoms with Gasteiger partial charge in [0, 0.05) is 15.4 Å². The summed E-state index contributed by atoms with van der Waals surface area (Å²) in [5.74, 6) is -4.93. The zero-order valence-corrected chi connectivity index (χ0v) is 30.5. The number of carbonyl (C=O) groups is 4. The number of halogens is 3. The van der Waals surface area contributed by atoms with E-state index in [1.807, 2.05) is 36.4 Å². The molecule has 0 bridgehead atoms. The third-order valence-electron chi connectivity index (χ3n) is 10.9. The van der Waals surface area contributed by atoms with Gasteiger partial charge in [0.05, 0.1) is 46.1 Å². The molecule has 3 fully saturated rings. The Morgan fingerprint density at radius 1 is 0.820 bits per heavy atom. The molecule has 2 aliphatic carbocycles. The number of fused-ring (bicyclic) bond motifs is 4. The Labute approximate surface area is 309 Å². The third-order valence-corrected chi connectivity index (χ3v) is 12.2. The molecule has 0 radical (unpaired) electrons. The summed E-state index contributed by atoms with van der Waals surface area (Å²) in [6.07, 6.45) is 2.46. The lowest BCUT2D eigenvalue weighted by Crippen LogP contribution is -2.53. The molecule has 0 spiro atoms. The van der Waals surface area contributed by atoms with Crippen LogP contribution in [0.15, 0.2) is 112 Å². The molecule has 6 atom stereocenters. The van der Waals surface area contributed by atoms with Crippen molar-refractivity contribution in [1.29, 1.82) is 0 Å². The molecule has 2 heterocycles. The summed E-state index contributed by atoms with van der Waals surface area (Å²) in [6.45, 7) is 0. The van der Waals surface area contributed by atoms with Crippen molar-refractivity contribution in [2.45, 2.75) is 24.2 Å². The highest BCUT2D eigenvalue weighted by molar-refractivity contribution is 9.10. The van der Waals surface area contributed by atoms with Crippen molar-refractivity contribution in [2.75, 3.05) is 16.9 Å². The van der Waals surface area contributed by atoms with E-state index < -0.39 is 46.8 Å². The normalized spacial score (nSPS) is 27.2. The standard InChI is InChI=1S/C39H29Br2ClN2O6/c1-50-31-17-20(16-30(41)34(31)45)33-26-14-15-27-32(37(48)43(35(27)46)24-12-10-22(40)11-13-24)28(26)19-29-36(47)44(25-9-5-8-23(42)18-25)38(49)39(29,33)21-6-3-2-4-7-21/h2-14,16-18,27-29,32-33,45H,15,19H2,1H3. The summed E-state index contributed by atoms with van der Waals surface area (Å²) >= 11 is 13.3. The van der Waals surface area contributed by atoms with Crippen LogP contribution in [0.25, 0.3) is 0 Å². The molecule has 6 unspecified atom stereocenters. The SMILES string of the molecule is COc1cc(C2C3=CCC4C(=O)N(c5ccc(Br)cc5)C(=O)C4C3CC3C(=O)N(c4cccc(Cl)c4)C(=O)C32c2ccccc2)cc(Br)c1O. The van der Waals surface area contributed by atoms with Crippen LogP contribution >= 0.6 is 43.5 Å². The minimum Gasteiger partial charge on any atom is -0.503 e. The summed E-state index contributed by atoms with van der Waals surface area (Å²) in [5, 5.41) is 11.2. The second-order valence-electron chi connectivity index (χ2n) is 13.1. The number of hydrogen-bond acceptors (Lipinski definition) is 6. The first-order chi connectivity index (χ1) is 24.1. The quantitative estimate of drug-likeness (QED) is 0.162. The molecule has 8 rings (SSSR count). The van der Waals surface area contributed by atoms with Gasteiger partial charge in [0.1, 0.15) is 0 Å². The van der Waals surface area contributed by atoms with Crippen LogP contribution in [0.3, 0.4) is 0 Å². The fraction of sp³-hybridized carbons (Fsp3) is 0.231. The Morgan fingerprint density at radius 3 is 2.26 bits per heavy atom. The fourth-order valence-corrected chi connectivity index (χ4v) is 9.79. The van der Waals surface area contributed by atoms with Gasteiger partial charge in [-0.25, -0.2) is 4.90 Å². The van der Waals surface area contributed by atoms with Crippen molar-refractivity contribution in [3.8, 4) is 11.5 Å². The maximum absolute atomic E-state index is 15.4. The van der Waals surface area contributed by atoms with Crippen LogP contribution in [0.2, 0.25) is 5.02 Å². The predicted octanol–water partition coefficient (Wildman–Crippen LogP) is 7.95. The van der Waals surface area contributed by atoms with E-state index in [2.05, 4.69) is 31.9 Å². The zero-order valence-electron chi connectivity index (χ0n) is 26.6. The van der Waals surface area contributed by atoms with E-state index in [9.17, 15) is 19.5 Å². The second-order valence-corrected chi connectivity index (χ2v) is 15.3. The molecular weight excluding hydrogens is 788 g/mol. The van der Waals surface area contributed by atoms with Gasteiger partial charge in [0.15, 0.2) is 11.5 Å². The van der Waals surface area contributed by atoms with E-state index in [0.717, 1.165) is 10.0 Å². The molecule has 4 aromatic rings. The summed E-state index contributed by atoms with van der Waals surface area (Å²) < 4.78 is 6.75. The number of rotatable bonds is 5. The van der Waals surface area contributed by atoms with Gasteiger partial charge >= 0.3 is 0 Å². The van der Waals surface area contributed by atoms with Gasteiger partial charge in [-0.3, -0.25) is 24.1 Å². The minimum absolute atomic E-state index is 0.109. The van der Waals surface area contributed by atoms with E-state index in [1.54, 1.807) is 60.7 Å². The minimum atomic E-state index is -1.45. The molecule has 4 amide bonds. The molecule has 8 nitrogen and oxygen atoms in total. The molecule has 0 aromatic heterocycles. The molecule has 2 saturated heterocycles. The number of carbonyl (C=O) groups excluding carboxylic acids is 4. The molecule has 11 heteroatoms. The Hall–Kier alpha value is -4.25. The van der Waals surface area contributed by atoms with Gasteiger partial charge in [-0.05, 0) is 100 Å². The molecule has 4 aromatic carbocycles. The van der Waals surface area contributed by atoms with Crippen LogP contribution < -0.4 is 14.5 Å². The van der Waals surface area contributed by atoms with Crippen LogP contribution in [0, 0.1) is 23.7 Å². The number of anilines is 2. The summed E-state index contributed by atoms with van der Waals surface area (Å²) in [5.41, 5.74) is 1.45. The van der Waals surface area contributed by atoms with Crippen molar-refractivity contribution < 1.29 is 29.0 Å². The number of allylic oxidation sites excluding steroid dienone is 2. The predicted molar refractivity (Wildman–Crippen MR) is 195 cm³/mol. The summed E-state index contributed by atoms with van der Waals surface area (Å²) in [7, 11) is 1.44. The lowest BCUT2D eigenvalue weighted by molar-refractivity contribution is -0.127. The van der Waals surface area contributed by atoms with Gasteiger partial charge in [-0.1, -0.05) is 75.6 Å². The van der Waals surface area contributed by atoms with Crippen LogP contribution in [0.5, 0.6) is 11.5 Å². The average molecular weight is 817 g/mol. The Bertz CT molecular complexity index is 2140. The Kier molecular flexibility index (Phi) is 8.04. The monoisotopic (exact) mass is 814 g/mol. The molecular formula is C39H29Br2ClN2O6. The number of imide groups is 2. The lowest BCUT2D eigenvalue weighted by atomic mass is 9.49. The number of methoxy groups -OCH3 is 1. The van der Waals surface area contributed by atoms with Gasteiger partial charge in [0.2, 0.25) is 23.6 Å². The van der Waals surface area contributed by atoms with Gasteiger partial charge < -0.3 is 9.84 Å². The van der Waals surface area contributed by atoms with E-state index in [0.29, 0.717) is 32.0 Å². The molecule has 252 valence electrons. The number of ether oxygens (including phenoxy) is 1. The average Bonchev–Trinajstić information content (AvgIpc) is 3.50. The number of phenolic OH excluding ortho intramolecular Hbond substituents is 1. The first-order valence-corrected chi connectivity index (χ1v) is 18.1. The molecule has 1 saturated carbocycles. The van der Waals surface area contributed by atoms with Gasteiger partial charge in [-0.2, -0.15) is 0 Å². The summed E-state index contributed by atoms with van der Waals surface area (Å²) in [6, 6.07) is 26.4. The van der Waals surface area contributed by atoms with Crippen molar-refractivity contribution >= 4 is 78.5 Å². The molecule has 4 aliphatic rings. The van der Waals surface area contributed by atoms with Crippen molar-refractivity contribution in [3.63, 3.8) is 0 Å². The largest absolute Gasteiger partial charge is 0.503 e. The van der Waals surface area contributed by atoms with Crippen molar-refractivity contribution in [3.05, 3.63) is 128 Å². The topological polar surface area (TPSA) is 104 Å². The fourth-order valence-electron chi connectivity index (χ4n) is 8.88. The van der Waals surface area contributed by atoms with Gasteiger partial charge in [-0.15, -0.1) is 0 Å². The maximum Gasteiger partial charge on any atom is 0.246 e. The van der Waals surface area contributed by atoms with Crippen LogP contribution in [0.1, 0.15) is 29.9 Å². The smallest absolute Gasteiger partial charge is 0.246 e. The number of aromatic hydroxyl groups is 1. The van der Waals surface area contributed by atoms with Crippen LogP contribution in [-0.2, 0) is 24.6 Å². The van der Waals surface area contributed by atoms with E-state index >= 15 is 4.79 Å². The van der Waals surface area contributed by atoms with E-state index in [1.165, 1.54) is 16.9 Å². The molecule has 1 N–H and O–H groups in total. The number of hydrogen-bond donors (Lipinski definition) is 1. The second kappa shape index (κ2) is 12.2. The zero-order chi connectivity index (χ0) is 35.1. The Morgan fingerprint density at radius 2 is 1.56 bits per heavy atom. The number of benzene rings is 4. The number of phenols is 1. The lowest BCUT2D eigenvalue weighted by Gasteiger charge is -2.50. The highest BCUT2D eigenvalue weighted by Gasteiger charge is 2.70. The van der Waals surface area contributed by atoms with Crippen LogP contribution in [0.4, 0.5) is 11.4 Å². The van der Waals surface area contributed by atoms with Crippen molar-refractivity contribution in [1.82, 2.24) is 0 Å². The highest BCUT2D eigenvalue weighted by atomic mass is 79.9. The number of nitrogens with zero attached hydrogens (tertiary/aromatic N) is 2. The number of amides is 4. The van der Waals surface area contributed by atoms with Crippen molar-refractivity contribution in [2.24, 2.45) is 23.7 Å². The highest BCUT2D eigenvalue weighted by Crippen LogP contribution is 2.65. The van der Waals surface area contributed by atoms with E-state index in [4.69, 9.17) is 16.3 Å².